The van der Waals surface area contributed by atoms with Crippen molar-refractivity contribution in [1.82, 2.24) is 14.8 Å². The smallest absolute Gasteiger partial charge is 0.137 e. The standard InChI is InChI=1S/C13H18N4/c1-3-12(14)13(17-9-15-8-16-17)11-6-4-10(2)5-7-11/h4-9,12-13H,3,14H2,1-2H3/t12-,13-/m0/s1. The van der Waals surface area contributed by atoms with E-state index in [0.717, 1.165) is 6.42 Å². The first-order valence-electron chi connectivity index (χ1n) is 5.88. The third-order valence-corrected chi connectivity index (χ3v) is 3.02. The van der Waals surface area contributed by atoms with Gasteiger partial charge >= 0.3 is 0 Å². The second kappa shape index (κ2) is 5.10. The lowest BCUT2D eigenvalue weighted by molar-refractivity contribution is 0.423. The van der Waals surface area contributed by atoms with E-state index in [1.54, 1.807) is 12.7 Å². The minimum Gasteiger partial charge on any atom is -0.326 e. The van der Waals surface area contributed by atoms with E-state index in [-0.39, 0.29) is 12.1 Å². The summed E-state index contributed by atoms with van der Waals surface area (Å²) in [6.45, 7) is 4.16. The summed E-state index contributed by atoms with van der Waals surface area (Å²) in [4.78, 5) is 4.00. The molecular formula is C13H18N4. The number of hydrogen-bond acceptors (Lipinski definition) is 3. The Balaban J connectivity index is 2.37. The van der Waals surface area contributed by atoms with Gasteiger partial charge in [-0.2, -0.15) is 5.10 Å². The summed E-state index contributed by atoms with van der Waals surface area (Å²) in [5.41, 5.74) is 8.61. The van der Waals surface area contributed by atoms with Crippen molar-refractivity contribution in [3.8, 4) is 0 Å². The molecule has 0 aliphatic rings. The molecular weight excluding hydrogens is 212 g/mol. The van der Waals surface area contributed by atoms with Crippen molar-refractivity contribution in [3.05, 3.63) is 48.0 Å². The second-order valence-electron chi connectivity index (χ2n) is 4.30. The normalized spacial score (nSPS) is 14.5. The monoisotopic (exact) mass is 230 g/mol. The molecule has 0 fully saturated rings. The summed E-state index contributed by atoms with van der Waals surface area (Å²) in [5.74, 6) is 0. The van der Waals surface area contributed by atoms with E-state index in [4.69, 9.17) is 5.73 Å². The van der Waals surface area contributed by atoms with Crippen LogP contribution in [0.3, 0.4) is 0 Å². The number of nitrogens with two attached hydrogens (primary N) is 1. The molecule has 0 bridgehead atoms. The summed E-state index contributed by atoms with van der Waals surface area (Å²) in [7, 11) is 0. The Bertz CT molecular complexity index is 447. The van der Waals surface area contributed by atoms with E-state index in [1.807, 2.05) is 4.68 Å². The summed E-state index contributed by atoms with van der Waals surface area (Å²) in [6, 6.07) is 8.51. The maximum absolute atomic E-state index is 6.19. The van der Waals surface area contributed by atoms with Crippen LogP contribution in [0.2, 0.25) is 0 Å². The van der Waals surface area contributed by atoms with Crippen molar-refractivity contribution < 1.29 is 0 Å². The largest absolute Gasteiger partial charge is 0.326 e. The summed E-state index contributed by atoms with van der Waals surface area (Å²) in [5, 5.41) is 4.21. The van der Waals surface area contributed by atoms with Gasteiger partial charge in [0.25, 0.3) is 0 Å². The van der Waals surface area contributed by atoms with Gasteiger partial charge in [0, 0.05) is 6.04 Å². The van der Waals surface area contributed by atoms with Gasteiger partial charge in [0.15, 0.2) is 0 Å². The van der Waals surface area contributed by atoms with Gasteiger partial charge in [-0.15, -0.1) is 0 Å². The Hall–Kier alpha value is -1.68. The van der Waals surface area contributed by atoms with Crippen LogP contribution in [0.5, 0.6) is 0 Å². The van der Waals surface area contributed by atoms with E-state index >= 15 is 0 Å². The molecule has 2 atom stereocenters. The van der Waals surface area contributed by atoms with Crippen LogP contribution in [-0.4, -0.2) is 20.8 Å². The fourth-order valence-electron chi connectivity index (χ4n) is 1.94. The average Bonchev–Trinajstić information content (AvgIpc) is 2.85. The summed E-state index contributed by atoms with van der Waals surface area (Å²) >= 11 is 0. The van der Waals surface area contributed by atoms with Crippen molar-refractivity contribution in [3.63, 3.8) is 0 Å². The van der Waals surface area contributed by atoms with Crippen LogP contribution < -0.4 is 5.73 Å². The van der Waals surface area contributed by atoms with Crippen molar-refractivity contribution in [2.24, 2.45) is 5.73 Å². The van der Waals surface area contributed by atoms with E-state index < -0.39 is 0 Å². The Morgan fingerprint density at radius 3 is 2.53 bits per heavy atom. The predicted octanol–water partition coefficient (Wildman–Crippen LogP) is 1.91. The molecule has 0 amide bonds. The van der Waals surface area contributed by atoms with Crippen molar-refractivity contribution in [2.75, 3.05) is 0 Å². The first-order chi connectivity index (χ1) is 8.22. The Labute approximate surface area is 101 Å². The molecule has 2 aromatic rings. The van der Waals surface area contributed by atoms with Crippen LogP contribution >= 0.6 is 0 Å². The lowest BCUT2D eigenvalue weighted by Gasteiger charge is -2.23. The number of rotatable bonds is 4. The van der Waals surface area contributed by atoms with Gasteiger partial charge in [0.1, 0.15) is 12.7 Å². The first-order valence-corrected chi connectivity index (χ1v) is 5.88. The third-order valence-electron chi connectivity index (χ3n) is 3.02. The molecule has 4 nitrogen and oxygen atoms in total. The SMILES string of the molecule is CC[C@H](N)[C@H](c1ccc(C)cc1)n1cncn1. The Morgan fingerprint density at radius 1 is 1.29 bits per heavy atom. The minimum atomic E-state index is 0.0411. The zero-order chi connectivity index (χ0) is 12.3. The molecule has 1 heterocycles. The van der Waals surface area contributed by atoms with E-state index in [2.05, 4.69) is 48.2 Å². The lowest BCUT2D eigenvalue weighted by atomic mass is 9.97. The van der Waals surface area contributed by atoms with Crippen LogP contribution in [0.1, 0.15) is 30.5 Å². The topological polar surface area (TPSA) is 56.7 Å². The molecule has 4 heteroatoms. The van der Waals surface area contributed by atoms with E-state index in [1.165, 1.54) is 11.1 Å². The quantitative estimate of drug-likeness (QED) is 0.873. The molecule has 0 spiro atoms. The highest BCUT2D eigenvalue weighted by molar-refractivity contribution is 5.25. The van der Waals surface area contributed by atoms with Gasteiger partial charge < -0.3 is 5.73 Å². The molecule has 2 N–H and O–H groups in total. The fraction of sp³-hybridized carbons (Fsp3) is 0.385. The van der Waals surface area contributed by atoms with Crippen LogP contribution in [-0.2, 0) is 0 Å². The molecule has 0 aliphatic heterocycles. The van der Waals surface area contributed by atoms with E-state index in [9.17, 15) is 0 Å². The van der Waals surface area contributed by atoms with Crippen LogP contribution in [0.4, 0.5) is 0 Å². The van der Waals surface area contributed by atoms with E-state index in [0.29, 0.717) is 0 Å². The second-order valence-corrected chi connectivity index (χ2v) is 4.30. The average molecular weight is 230 g/mol. The fourth-order valence-corrected chi connectivity index (χ4v) is 1.94. The highest BCUT2D eigenvalue weighted by Gasteiger charge is 2.20. The van der Waals surface area contributed by atoms with Gasteiger partial charge in [-0.05, 0) is 18.9 Å². The number of hydrogen-bond donors (Lipinski definition) is 1. The maximum atomic E-state index is 6.19. The van der Waals surface area contributed by atoms with Crippen LogP contribution in [0.25, 0.3) is 0 Å². The molecule has 0 radical (unpaired) electrons. The van der Waals surface area contributed by atoms with Gasteiger partial charge in [-0.25, -0.2) is 9.67 Å². The minimum absolute atomic E-state index is 0.0411. The van der Waals surface area contributed by atoms with Gasteiger partial charge in [-0.1, -0.05) is 36.8 Å². The molecule has 0 aliphatic carbocycles. The first kappa shape index (κ1) is 11.8. The third kappa shape index (κ3) is 2.53. The van der Waals surface area contributed by atoms with Crippen molar-refractivity contribution >= 4 is 0 Å². The lowest BCUT2D eigenvalue weighted by Crippen LogP contribution is -2.32. The predicted molar refractivity (Wildman–Crippen MR) is 67.6 cm³/mol. The Morgan fingerprint density at radius 2 is 2.00 bits per heavy atom. The zero-order valence-corrected chi connectivity index (χ0v) is 10.2. The summed E-state index contributed by atoms with van der Waals surface area (Å²) < 4.78 is 1.83. The Kier molecular flexibility index (Phi) is 3.54. The highest BCUT2D eigenvalue weighted by atomic mass is 15.3. The van der Waals surface area contributed by atoms with Crippen LogP contribution in [0.15, 0.2) is 36.9 Å². The van der Waals surface area contributed by atoms with Crippen LogP contribution in [0, 0.1) is 6.92 Å². The number of aryl methyl sites for hydroxylation is 1. The maximum Gasteiger partial charge on any atom is 0.137 e. The number of aromatic nitrogens is 3. The molecule has 1 aromatic heterocycles. The van der Waals surface area contributed by atoms with Gasteiger partial charge in [0.2, 0.25) is 0 Å². The van der Waals surface area contributed by atoms with Gasteiger partial charge in [-0.3, -0.25) is 0 Å². The van der Waals surface area contributed by atoms with Gasteiger partial charge in [0.05, 0.1) is 6.04 Å². The van der Waals surface area contributed by atoms with Crippen molar-refractivity contribution in [2.45, 2.75) is 32.4 Å². The zero-order valence-electron chi connectivity index (χ0n) is 10.2. The summed E-state index contributed by atoms with van der Waals surface area (Å²) in [6.07, 6.45) is 4.17. The number of nitrogens with zero attached hydrogens (tertiary/aromatic N) is 3. The molecule has 0 saturated carbocycles. The highest BCUT2D eigenvalue weighted by Crippen LogP contribution is 2.22. The molecule has 1 aromatic carbocycles. The molecule has 2 rings (SSSR count). The molecule has 17 heavy (non-hydrogen) atoms. The molecule has 90 valence electrons. The van der Waals surface area contributed by atoms with Crippen molar-refractivity contribution in [1.29, 1.82) is 0 Å². The number of benzene rings is 1. The molecule has 0 unspecified atom stereocenters. The molecule has 0 saturated heterocycles.